The molecule has 0 bridgehead atoms. The number of carbonyl (C=O) groups is 1. The first kappa shape index (κ1) is 16.0. The summed E-state index contributed by atoms with van der Waals surface area (Å²) in [6.45, 7) is 3.27. The molecule has 1 N–H and O–H groups in total. The first-order valence-corrected chi connectivity index (χ1v) is 9.51. The minimum atomic E-state index is -3.69. The number of Topliss-reactive ketones (excluding diaryl/α,β-unsaturated/α-hetero) is 1. The molecule has 0 aliphatic carbocycles. The number of aryl methyl sites for hydroxylation is 1. The molecule has 0 unspecified atom stereocenters. The Bertz CT molecular complexity index is 764. The molecule has 1 aromatic carbocycles. The highest BCUT2D eigenvalue weighted by Gasteiger charge is 2.17. The molecule has 0 aliphatic rings. The molecule has 1 heterocycles. The number of aromatic nitrogens is 1. The van der Waals surface area contributed by atoms with Gasteiger partial charge in [-0.2, -0.15) is 0 Å². The Labute approximate surface area is 131 Å². The Morgan fingerprint density at radius 2 is 1.90 bits per heavy atom. The topological polar surface area (TPSA) is 76.1 Å². The quantitative estimate of drug-likeness (QED) is 0.667. The van der Waals surface area contributed by atoms with Gasteiger partial charge in [0.2, 0.25) is 0 Å². The van der Waals surface area contributed by atoms with Crippen LogP contribution in [0.15, 0.2) is 33.4 Å². The van der Waals surface area contributed by atoms with Crippen LogP contribution in [0.1, 0.15) is 23.0 Å². The molecule has 1 aromatic heterocycles. The molecule has 0 aliphatic heterocycles. The zero-order valence-corrected chi connectivity index (χ0v) is 14.2. The zero-order valence-electron chi connectivity index (χ0n) is 11.7. The van der Waals surface area contributed by atoms with Crippen molar-refractivity contribution < 1.29 is 13.2 Å². The number of nitrogens with zero attached hydrogens (tertiary/aromatic N) is 1. The van der Waals surface area contributed by atoms with Gasteiger partial charge in [-0.15, -0.1) is 11.8 Å². The number of carbonyl (C=O) groups excluding carboxylic acids is 1. The second kappa shape index (κ2) is 6.17. The van der Waals surface area contributed by atoms with Gasteiger partial charge in [0.1, 0.15) is 0 Å². The highest BCUT2D eigenvalue weighted by atomic mass is 32.2. The lowest BCUT2D eigenvalue weighted by Gasteiger charge is -2.05. The van der Waals surface area contributed by atoms with Crippen LogP contribution in [0.25, 0.3) is 0 Å². The van der Waals surface area contributed by atoms with Crippen LogP contribution in [-0.2, 0) is 10.0 Å². The molecule has 0 saturated carbocycles. The molecule has 0 saturated heterocycles. The second-order valence-electron chi connectivity index (χ2n) is 4.28. The molecular formula is C13H14N2O3S3. The summed E-state index contributed by atoms with van der Waals surface area (Å²) < 4.78 is 27.9. The summed E-state index contributed by atoms with van der Waals surface area (Å²) in [5, 5.41) is 0.340. The third kappa shape index (κ3) is 3.63. The first-order valence-electron chi connectivity index (χ1n) is 5.98. The van der Waals surface area contributed by atoms with Gasteiger partial charge in [0.15, 0.2) is 10.9 Å². The van der Waals surface area contributed by atoms with Crippen molar-refractivity contribution in [1.82, 2.24) is 4.98 Å². The van der Waals surface area contributed by atoms with Crippen LogP contribution >= 0.6 is 23.1 Å². The molecule has 0 radical (unpaired) electrons. The molecule has 2 aromatic rings. The number of ketones is 1. The van der Waals surface area contributed by atoms with Crippen LogP contribution in [0.5, 0.6) is 0 Å². The van der Waals surface area contributed by atoms with Gasteiger partial charge in [-0.25, -0.2) is 13.4 Å². The van der Waals surface area contributed by atoms with Gasteiger partial charge >= 0.3 is 0 Å². The van der Waals surface area contributed by atoms with Crippen LogP contribution in [-0.4, -0.2) is 25.4 Å². The summed E-state index contributed by atoms with van der Waals surface area (Å²) in [4.78, 5) is 15.5. The van der Waals surface area contributed by atoms with Crippen molar-refractivity contribution in [3.05, 3.63) is 35.5 Å². The van der Waals surface area contributed by atoms with E-state index in [0.717, 1.165) is 9.90 Å². The smallest absolute Gasteiger partial charge is 0.263 e. The Balaban J connectivity index is 2.26. The van der Waals surface area contributed by atoms with Crippen molar-refractivity contribution in [1.29, 1.82) is 0 Å². The number of nitrogens with one attached hydrogen (secondary N) is 1. The van der Waals surface area contributed by atoms with Crippen LogP contribution in [0.4, 0.5) is 5.13 Å². The van der Waals surface area contributed by atoms with E-state index in [9.17, 15) is 13.2 Å². The first-order chi connectivity index (χ1) is 9.83. The maximum atomic E-state index is 12.3. The van der Waals surface area contributed by atoms with Crippen molar-refractivity contribution in [3.63, 3.8) is 0 Å². The van der Waals surface area contributed by atoms with Crippen molar-refractivity contribution in [2.24, 2.45) is 0 Å². The van der Waals surface area contributed by atoms with Crippen LogP contribution in [0, 0.1) is 6.92 Å². The van der Waals surface area contributed by atoms with Crippen LogP contribution < -0.4 is 4.72 Å². The Morgan fingerprint density at radius 1 is 1.29 bits per heavy atom. The molecule has 112 valence electrons. The van der Waals surface area contributed by atoms with Gasteiger partial charge in [-0.05, 0) is 32.2 Å². The number of benzene rings is 1. The fourth-order valence-electron chi connectivity index (χ4n) is 1.66. The Hall–Kier alpha value is -1.38. The summed E-state index contributed by atoms with van der Waals surface area (Å²) in [7, 11) is -3.69. The maximum absolute atomic E-state index is 12.3. The predicted octanol–water partition coefficient (Wildman–Crippen LogP) is 3.18. The Morgan fingerprint density at radius 3 is 2.38 bits per heavy atom. The molecule has 8 heteroatoms. The summed E-state index contributed by atoms with van der Waals surface area (Å²) in [5.41, 5.74) is 1.28. The average molecular weight is 342 g/mol. The van der Waals surface area contributed by atoms with Gasteiger partial charge in [-0.1, -0.05) is 23.5 Å². The normalized spacial score (nSPS) is 11.4. The lowest BCUT2D eigenvalue weighted by atomic mass is 10.2. The third-order valence-corrected chi connectivity index (χ3v) is 6.50. The van der Waals surface area contributed by atoms with E-state index in [1.807, 2.05) is 13.2 Å². The monoisotopic (exact) mass is 342 g/mol. The summed E-state index contributed by atoms with van der Waals surface area (Å²) in [5.74, 6) is -0.105. The van der Waals surface area contributed by atoms with E-state index >= 15 is 0 Å². The van der Waals surface area contributed by atoms with E-state index in [-0.39, 0.29) is 10.7 Å². The van der Waals surface area contributed by atoms with E-state index in [0.29, 0.717) is 10.7 Å². The summed E-state index contributed by atoms with van der Waals surface area (Å²) in [6, 6.07) is 5.82. The standard InChI is InChI=1S/C13H14N2O3S3/c1-8-12(19-3)20-13(14-8)15-21(17,18)11-6-4-10(5-7-11)9(2)16/h4-7H,1-3H3,(H,14,15). The average Bonchev–Trinajstić information content (AvgIpc) is 2.78. The van der Waals surface area contributed by atoms with E-state index in [1.54, 1.807) is 0 Å². The molecule has 0 fully saturated rings. The minimum absolute atomic E-state index is 0.103. The number of hydrogen-bond acceptors (Lipinski definition) is 6. The number of rotatable bonds is 5. The van der Waals surface area contributed by atoms with Crippen molar-refractivity contribution in [2.45, 2.75) is 23.0 Å². The lowest BCUT2D eigenvalue weighted by molar-refractivity contribution is 0.101. The predicted molar refractivity (Wildman–Crippen MR) is 85.9 cm³/mol. The maximum Gasteiger partial charge on any atom is 0.263 e. The molecule has 21 heavy (non-hydrogen) atoms. The van der Waals surface area contributed by atoms with Crippen molar-refractivity contribution >= 4 is 44.0 Å². The summed E-state index contributed by atoms with van der Waals surface area (Å²) >= 11 is 2.82. The molecule has 2 rings (SSSR count). The van der Waals surface area contributed by atoms with E-state index in [1.165, 1.54) is 54.3 Å². The fourth-order valence-corrected chi connectivity index (χ4v) is 4.50. The highest BCUT2D eigenvalue weighted by molar-refractivity contribution is 8.00. The molecule has 0 amide bonds. The SMILES string of the molecule is CSc1sc(NS(=O)(=O)c2ccc(C(C)=O)cc2)nc1C. The largest absolute Gasteiger partial charge is 0.295 e. The van der Waals surface area contributed by atoms with Gasteiger partial charge < -0.3 is 0 Å². The fraction of sp³-hybridized carbons (Fsp3) is 0.231. The zero-order chi connectivity index (χ0) is 15.6. The Kier molecular flexibility index (Phi) is 4.70. The van der Waals surface area contributed by atoms with E-state index in [2.05, 4.69) is 9.71 Å². The van der Waals surface area contributed by atoms with E-state index < -0.39 is 10.0 Å². The molecule has 0 atom stereocenters. The lowest BCUT2D eigenvalue weighted by Crippen LogP contribution is -2.13. The van der Waals surface area contributed by atoms with Crippen LogP contribution in [0.2, 0.25) is 0 Å². The number of thioether (sulfide) groups is 1. The number of sulfonamides is 1. The summed E-state index contributed by atoms with van der Waals surface area (Å²) in [6.07, 6.45) is 1.92. The second-order valence-corrected chi connectivity index (χ2v) is 8.04. The van der Waals surface area contributed by atoms with E-state index in [4.69, 9.17) is 0 Å². The third-order valence-electron chi connectivity index (χ3n) is 2.73. The molecular weight excluding hydrogens is 328 g/mol. The molecule has 0 spiro atoms. The van der Waals surface area contributed by atoms with Crippen molar-refractivity contribution in [3.8, 4) is 0 Å². The van der Waals surface area contributed by atoms with Gasteiger partial charge in [0.25, 0.3) is 10.0 Å². The van der Waals surface area contributed by atoms with Gasteiger partial charge in [0.05, 0.1) is 14.8 Å². The van der Waals surface area contributed by atoms with Gasteiger partial charge in [0, 0.05) is 5.56 Å². The molecule has 5 nitrogen and oxygen atoms in total. The highest BCUT2D eigenvalue weighted by Crippen LogP contribution is 2.31. The van der Waals surface area contributed by atoms with Gasteiger partial charge in [-0.3, -0.25) is 9.52 Å². The number of thiazole rings is 1. The number of anilines is 1. The number of hydrogen-bond donors (Lipinski definition) is 1. The van der Waals surface area contributed by atoms with Crippen LogP contribution in [0.3, 0.4) is 0 Å². The minimum Gasteiger partial charge on any atom is -0.295 e. The van der Waals surface area contributed by atoms with Crippen molar-refractivity contribution in [2.75, 3.05) is 11.0 Å².